The maximum Gasteiger partial charge on any atom is 0.285 e. The van der Waals surface area contributed by atoms with Gasteiger partial charge in [-0.2, -0.15) is 0 Å². The van der Waals surface area contributed by atoms with Gasteiger partial charge in [-0.15, -0.1) is 11.3 Å². The van der Waals surface area contributed by atoms with Crippen LogP contribution in [0.25, 0.3) is 11.4 Å². The number of hydrogen-bond acceptors (Lipinski definition) is 5. The van der Waals surface area contributed by atoms with Gasteiger partial charge in [0.15, 0.2) is 0 Å². The Hall–Kier alpha value is -2.11. The molecule has 0 aliphatic heterocycles. The Bertz CT molecular complexity index is 1090. The summed E-state index contributed by atoms with van der Waals surface area (Å²) in [5.74, 6) is -2.84. The van der Waals surface area contributed by atoms with Crippen molar-refractivity contribution in [1.29, 1.82) is 0 Å². The Morgan fingerprint density at radius 2 is 1.92 bits per heavy atom. The van der Waals surface area contributed by atoms with Crippen molar-refractivity contribution in [3.8, 4) is 11.4 Å². The first-order valence-corrected chi connectivity index (χ1v) is 10.2. The molecule has 11 heteroatoms. The summed E-state index contributed by atoms with van der Waals surface area (Å²) in [5, 5.41) is 2.91. The Balaban J connectivity index is 1.94. The van der Waals surface area contributed by atoms with Crippen LogP contribution in [0.4, 0.5) is 8.78 Å². The second-order valence-electron chi connectivity index (χ2n) is 5.18. The van der Waals surface area contributed by atoms with E-state index < -0.39 is 33.1 Å². The summed E-state index contributed by atoms with van der Waals surface area (Å²) in [6.07, 6.45) is 1.19. The molecule has 0 fully saturated rings. The van der Waals surface area contributed by atoms with E-state index in [-0.39, 0.29) is 16.4 Å². The van der Waals surface area contributed by atoms with Crippen molar-refractivity contribution >= 4 is 43.2 Å². The zero-order valence-electron chi connectivity index (χ0n) is 13.0. The molecule has 3 rings (SSSR count). The number of thiophene rings is 1. The van der Waals surface area contributed by atoms with E-state index in [0.29, 0.717) is 4.47 Å². The van der Waals surface area contributed by atoms with E-state index in [0.717, 1.165) is 23.5 Å². The van der Waals surface area contributed by atoms with Crippen molar-refractivity contribution < 1.29 is 22.0 Å². The molecule has 136 valence electrons. The highest BCUT2D eigenvalue weighted by molar-refractivity contribution is 9.10. The maximum absolute atomic E-state index is 13.9. The molecule has 0 aliphatic carbocycles. The number of aryl methyl sites for hydroxylation is 1. The number of imidazole rings is 1. The maximum atomic E-state index is 13.9. The van der Waals surface area contributed by atoms with E-state index in [9.17, 15) is 22.0 Å². The fourth-order valence-electron chi connectivity index (χ4n) is 2.21. The molecule has 0 unspecified atom stereocenters. The Labute approximate surface area is 159 Å². The van der Waals surface area contributed by atoms with Gasteiger partial charge in [-0.25, -0.2) is 26.9 Å². The number of carbonyl (C=O) groups excluding carboxylic acids is 1. The van der Waals surface area contributed by atoms with Crippen LogP contribution in [0.1, 0.15) is 10.5 Å². The topological polar surface area (TPSA) is 81.1 Å². The average Bonchev–Trinajstić information content (AvgIpc) is 3.14. The quantitative estimate of drug-likeness (QED) is 0.646. The minimum atomic E-state index is -4.11. The molecule has 2 aromatic heterocycles. The summed E-state index contributed by atoms with van der Waals surface area (Å²) in [6.45, 7) is 0. The Morgan fingerprint density at radius 1 is 1.27 bits per heavy atom. The zero-order chi connectivity index (χ0) is 19.1. The van der Waals surface area contributed by atoms with Gasteiger partial charge in [0, 0.05) is 28.5 Å². The molecule has 1 amide bonds. The van der Waals surface area contributed by atoms with Gasteiger partial charge in [0.2, 0.25) is 0 Å². The van der Waals surface area contributed by atoms with E-state index in [1.54, 1.807) is 5.38 Å². The SMILES string of the molecule is Cn1cc(C(=O)NS(=O)(=O)c2cscc2Br)nc1-c1c(F)cccc1F. The number of aromatic nitrogens is 2. The van der Waals surface area contributed by atoms with Gasteiger partial charge in [0.05, 0.1) is 5.56 Å². The van der Waals surface area contributed by atoms with Gasteiger partial charge >= 0.3 is 0 Å². The third-order valence-corrected chi connectivity index (χ3v) is 6.88. The molecule has 26 heavy (non-hydrogen) atoms. The van der Waals surface area contributed by atoms with Crippen LogP contribution in [0, 0.1) is 11.6 Å². The van der Waals surface area contributed by atoms with Crippen LogP contribution in [0.2, 0.25) is 0 Å². The van der Waals surface area contributed by atoms with Gasteiger partial charge < -0.3 is 4.57 Å². The van der Waals surface area contributed by atoms with Crippen molar-refractivity contribution in [2.24, 2.45) is 7.05 Å². The lowest BCUT2D eigenvalue weighted by atomic mass is 10.2. The van der Waals surface area contributed by atoms with Gasteiger partial charge in [0.1, 0.15) is 28.0 Å². The third-order valence-electron chi connectivity index (χ3n) is 3.39. The first-order chi connectivity index (χ1) is 12.2. The van der Waals surface area contributed by atoms with E-state index in [1.807, 2.05) is 4.72 Å². The lowest BCUT2D eigenvalue weighted by Gasteiger charge is -2.04. The predicted octanol–water partition coefficient (Wildman–Crippen LogP) is 3.31. The van der Waals surface area contributed by atoms with Gasteiger partial charge in [-0.05, 0) is 28.1 Å². The molecule has 0 radical (unpaired) electrons. The molecule has 0 saturated heterocycles. The lowest BCUT2D eigenvalue weighted by Crippen LogP contribution is -2.30. The molecular weight excluding hydrogens is 452 g/mol. The van der Waals surface area contributed by atoms with Crippen LogP contribution in [0.3, 0.4) is 0 Å². The van der Waals surface area contributed by atoms with Gasteiger partial charge in [-0.3, -0.25) is 4.79 Å². The largest absolute Gasteiger partial charge is 0.333 e. The molecule has 0 saturated carbocycles. The summed E-state index contributed by atoms with van der Waals surface area (Å²) >= 11 is 4.23. The molecule has 0 bridgehead atoms. The minimum Gasteiger partial charge on any atom is -0.333 e. The molecule has 6 nitrogen and oxygen atoms in total. The molecule has 2 heterocycles. The zero-order valence-corrected chi connectivity index (χ0v) is 16.3. The molecule has 0 spiro atoms. The summed E-state index contributed by atoms with van der Waals surface area (Å²) in [5.41, 5.74) is -0.697. The number of rotatable bonds is 4. The smallest absolute Gasteiger partial charge is 0.285 e. The number of hydrogen-bond donors (Lipinski definition) is 1. The highest BCUT2D eigenvalue weighted by Crippen LogP contribution is 2.27. The minimum absolute atomic E-state index is 0.0906. The monoisotopic (exact) mass is 461 g/mol. The number of amides is 1. The van der Waals surface area contributed by atoms with Crippen molar-refractivity contribution in [3.05, 3.63) is 57.0 Å². The van der Waals surface area contributed by atoms with Crippen molar-refractivity contribution in [2.75, 3.05) is 0 Å². The number of carbonyl (C=O) groups is 1. The van der Waals surface area contributed by atoms with E-state index in [4.69, 9.17) is 0 Å². The summed E-state index contributed by atoms with van der Waals surface area (Å²) in [7, 11) is -2.67. The summed E-state index contributed by atoms with van der Waals surface area (Å²) in [4.78, 5) is 16.1. The number of benzene rings is 1. The first-order valence-electron chi connectivity index (χ1n) is 6.97. The summed E-state index contributed by atoms with van der Waals surface area (Å²) in [6, 6.07) is 3.33. The lowest BCUT2D eigenvalue weighted by molar-refractivity contribution is 0.0977. The first kappa shape index (κ1) is 18.7. The van der Waals surface area contributed by atoms with Crippen molar-refractivity contribution in [3.63, 3.8) is 0 Å². The van der Waals surface area contributed by atoms with E-state index in [2.05, 4.69) is 20.9 Å². The number of sulfonamides is 1. The van der Waals surface area contributed by atoms with Crippen molar-refractivity contribution in [2.45, 2.75) is 4.90 Å². The van der Waals surface area contributed by atoms with Gasteiger partial charge in [0.25, 0.3) is 15.9 Å². The predicted molar refractivity (Wildman–Crippen MR) is 95.2 cm³/mol. The number of nitrogens with zero attached hydrogens (tertiary/aromatic N) is 2. The van der Waals surface area contributed by atoms with Crippen LogP contribution in [-0.4, -0.2) is 23.9 Å². The standard InChI is InChI=1S/C15H10BrF2N3O3S2/c1-21-5-11(19-14(21)13-9(17)3-2-4-10(13)18)15(22)20-26(23,24)12-7-25-6-8(12)16/h2-7H,1H3,(H,20,22). The Kier molecular flexibility index (Phi) is 4.95. The Morgan fingerprint density at radius 3 is 2.50 bits per heavy atom. The second-order valence-corrected chi connectivity index (χ2v) is 8.42. The van der Waals surface area contributed by atoms with Gasteiger partial charge in [-0.1, -0.05) is 6.07 Å². The average molecular weight is 462 g/mol. The third kappa shape index (κ3) is 3.41. The van der Waals surface area contributed by atoms with E-state index >= 15 is 0 Å². The fraction of sp³-hybridized carbons (Fsp3) is 0.0667. The van der Waals surface area contributed by atoms with Crippen LogP contribution in [0.5, 0.6) is 0 Å². The summed E-state index contributed by atoms with van der Waals surface area (Å²) < 4.78 is 55.8. The normalized spacial score (nSPS) is 11.5. The highest BCUT2D eigenvalue weighted by atomic mass is 79.9. The van der Waals surface area contributed by atoms with Crippen LogP contribution >= 0.6 is 27.3 Å². The van der Waals surface area contributed by atoms with Crippen LogP contribution in [-0.2, 0) is 17.1 Å². The highest BCUT2D eigenvalue weighted by Gasteiger charge is 2.25. The van der Waals surface area contributed by atoms with Crippen LogP contribution in [0.15, 0.2) is 44.5 Å². The molecule has 0 atom stereocenters. The fourth-order valence-corrected chi connectivity index (χ4v) is 5.53. The molecule has 0 aliphatic rings. The molecule has 1 N–H and O–H groups in total. The van der Waals surface area contributed by atoms with E-state index in [1.165, 1.54) is 29.3 Å². The van der Waals surface area contributed by atoms with Crippen LogP contribution < -0.4 is 4.72 Å². The molecule has 1 aromatic carbocycles. The molecular formula is C15H10BrF2N3O3S2. The number of halogens is 3. The number of nitrogens with one attached hydrogen (secondary N) is 1. The second kappa shape index (κ2) is 6.89. The van der Waals surface area contributed by atoms with Crippen molar-refractivity contribution in [1.82, 2.24) is 14.3 Å². The molecule has 3 aromatic rings.